The van der Waals surface area contributed by atoms with E-state index < -0.39 is 6.04 Å². The number of pyridine rings is 1. The van der Waals surface area contributed by atoms with Crippen molar-refractivity contribution in [2.75, 3.05) is 25.5 Å². The molecule has 0 spiro atoms. The summed E-state index contributed by atoms with van der Waals surface area (Å²) in [5.74, 6) is 0.218. The smallest absolute Gasteiger partial charge is 0.248 e. The number of amides is 3. The molecule has 28 heavy (non-hydrogen) atoms. The van der Waals surface area contributed by atoms with E-state index >= 15 is 0 Å². The largest absolute Gasteiger partial charge is 0.348 e. The van der Waals surface area contributed by atoms with Crippen LogP contribution in [0.4, 0.5) is 5.82 Å². The van der Waals surface area contributed by atoms with Gasteiger partial charge in [-0.25, -0.2) is 4.98 Å². The van der Waals surface area contributed by atoms with Crippen LogP contribution in [0.25, 0.3) is 0 Å². The van der Waals surface area contributed by atoms with E-state index in [2.05, 4.69) is 24.1 Å². The van der Waals surface area contributed by atoms with Crippen LogP contribution in [0.5, 0.6) is 0 Å². The second kappa shape index (κ2) is 10.2. The summed E-state index contributed by atoms with van der Waals surface area (Å²) in [6.45, 7) is 7.00. The van der Waals surface area contributed by atoms with Crippen molar-refractivity contribution in [1.82, 2.24) is 14.8 Å². The molecule has 0 saturated carbocycles. The molecule has 3 amide bonds. The van der Waals surface area contributed by atoms with Crippen LogP contribution in [0.1, 0.15) is 45.1 Å². The molecule has 0 radical (unpaired) electrons. The SMILES string of the molecule is CCCC[C@H](CN(C)C=O)C(=O)N1C[C@@H](C)C[C@H]1C(=O)Nc1ccc(C)cn1. The number of unbranched alkanes of at least 4 members (excludes halogenated alkanes) is 1. The zero-order valence-corrected chi connectivity index (χ0v) is 17.4. The van der Waals surface area contributed by atoms with Crippen LogP contribution in [0, 0.1) is 18.8 Å². The number of rotatable bonds is 9. The minimum atomic E-state index is -0.503. The normalized spacial score (nSPS) is 19.9. The van der Waals surface area contributed by atoms with E-state index in [1.807, 2.05) is 13.0 Å². The molecule has 1 aliphatic heterocycles. The molecule has 1 fully saturated rings. The number of aryl methyl sites for hydroxylation is 1. The van der Waals surface area contributed by atoms with Crippen LogP contribution in [-0.2, 0) is 14.4 Å². The van der Waals surface area contributed by atoms with E-state index in [1.54, 1.807) is 24.2 Å². The zero-order valence-electron chi connectivity index (χ0n) is 17.4. The van der Waals surface area contributed by atoms with Crippen LogP contribution < -0.4 is 5.32 Å². The van der Waals surface area contributed by atoms with Gasteiger partial charge in [0.1, 0.15) is 11.9 Å². The molecule has 7 nitrogen and oxygen atoms in total. The lowest BCUT2D eigenvalue weighted by Gasteiger charge is -2.29. The molecule has 0 aliphatic carbocycles. The Morgan fingerprint density at radius 1 is 1.43 bits per heavy atom. The molecule has 7 heteroatoms. The number of aromatic nitrogens is 1. The lowest BCUT2D eigenvalue weighted by atomic mass is 9.99. The van der Waals surface area contributed by atoms with Crippen molar-refractivity contribution in [3.8, 4) is 0 Å². The Morgan fingerprint density at radius 2 is 2.18 bits per heavy atom. The summed E-state index contributed by atoms with van der Waals surface area (Å²) in [6.07, 6.45) is 5.68. The molecule has 154 valence electrons. The average molecular weight is 389 g/mol. The first-order chi connectivity index (χ1) is 13.3. The third-order valence-electron chi connectivity index (χ3n) is 5.20. The number of hydrogen-bond donors (Lipinski definition) is 1. The minimum Gasteiger partial charge on any atom is -0.348 e. The van der Waals surface area contributed by atoms with Crippen LogP contribution in [0.15, 0.2) is 18.3 Å². The van der Waals surface area contributed by atoms with Gasteiger partial charge in [-0.15, -0.1) is 0 Å². The fourth-order valence-electron chi connectivity index (χ4n) is 3.66. The van der Waals surface area contributed by atoms with Gasteiger partial charge in [0.15, 0.2) is 0 Å². The lowest BCUT2D eigenvalue weighted by Crippen LogP contribution is -2.47. The molecular weight excluding hydrogens is 356 g/mol. The van der Waals surface area contributed by atoms with Gasteiger partial charge in [0.2, 0.25) is 18.2 Å². The van der Waals surface area contributed by atoms with E-state index in [9.17, 15) is 14.4 Å². The van der Waals surface area contributed by atoms with Gasteiger partial charge in [0, 0.05) is 26.3 Å². The van der Waals surface area contributed by atoms with Gasteiger partial charge in [-0.3, -0.25) is 14.4 Å². The first-order valence-electron chi connectivity index (χ1n) is 10.0. The van der Waals surface area contributed by atoms with E-state index in [0.29, 0.717) is 31.7 Å². The van der Waals surface area contributed by atoms with Crippen molar-refractivity contribution in [2.24, 2.45) is 11.8 Å². The lowest BCUT2D eigenvalue weighted by molar-refractivity contribution is -0.141. The Balaban J connectivity index is 2.12. The van der Waals surface area contributed by atoms with Gasteiger partial charge in [0.25, 0.3) is 0 Å². The van der Waals surface area contributed by atoms with E-state index in [1.165, 1.54) is 4.90 Å². The molecule has 3 atom stereocenters. The second-order valence-electron chi connectivity index (χ2n) is 7.94. The first kappa shape index (κ1) is 21.9. The highest BCUT2D eigenvalue weighted by atomic mass is 16.2. The fourth-order valence-corrected chi connectivity index (χ4v) is 3.66. The number of nitrogens with zero attached hydrogens (tertiary/aromatic N) is 3. The molecular formula is C21H32N4O3. The summed E-state index contributed by atoms with van der Waals surface area (Å²) < 4.78 is 0. The number of hydrogen-bond acceptors (Lipinski definition) is 4. The molecule has 2 rings (SSSR count). The molecule has 0 aromatic carbocycles. The molecule has 1 aromatic rings. The highest BCUT2D eigenvalue weighted by Gasteiger charge is 2.40. The molecule has 1 aromatic heterocycles. The number of nitrogens with one attached hydrogen (secondary N) is 1. The van der Waals surface area contributed by atoms with Gasteiger partial charge in [-0.05, 0) is 37.3 Å². The second-order valence-corrected chi connectivity index (χ2v) is 7.94. The third kappa shape index (κ3) is 5.78. The Labute approximate surface area is 167 Å². The fraction of sp³-hybridized carbons (Fsp3) is 0.619. The summed E-state index contributed by atoms with van der Waals surface area (Å²) >= 11 is 0. The Kier molecular flexibility index (Phi) is 7.96. The highest BCUT2D eigenvalue weighted by Crippen LogP contribution is 2.27. The number of carbonyl (C=O) groups excluding carboxylic acids is 3. The first-order valence-corrected chi connectivity index (χ1v) is 10.0. The van der Waals surface area contributed by atoms with Crippen LogP contribution in [-0.4, -0.2) is 59.2 Å². The minimum absolute atomic E-state index is 0.0384. The predicted molar refractivity (Wildman–Crippen MR) is 109 cm³/mol. The molecule has 1 aliphatic rings. The number of carbonyl (C=O) groups is 3. The highest BCUT2D eigenvalue weighted by molar-refractivity contribution is 5.97. The van der Waals surface area contributed by atoms with Gasteiger partial charge >= 0.3 is 0 Å². The Morgan fingerprint density at radius 3 is 2.79 bits per heavy atom. The summed E-state index contributed by atoms with van der Waals surface area (Å²) in [4.78, 5) is 44.6. The van der Waals surface area contributed by atoms with Crippen molar-refractivity contribution in [1.29, 1.82) is 0 Å². The molecule has 2 heterocycles. The topological polar surface area (TPSA) is 82.6 Å². The maximum absolute atomic E-state index is 13.2. The number of anilines is 1. The quantitative estimate of drug-likeness (QED) is 0.659. The van der Waals surface area contributed by atoms with Crippen LogP contribution in [0.3, 0.4) is 0 Å². The van der Waals surface area contributed by atoms with E-state index in [-0.39, 0.29) is 23.7 Å². The average Bonchev–Trinajstić information content (AvgIpc) is 3.08. The standard InChI is InChI=1S/C21H32N4O3/c1-5-6-7-17(13-24(4)14-26)21(28)25-12-16(3)10-18(25)20(27)23-19-9-8-15(2)11-22-19/h8-9,11,14,16-18H,5-7,10,12-13H2,1-4H3,(H,22,23,27)/t16-,17+,18-/m0/s1. The Hall–Kier alpha value is -2.44. The van der Waals surface area contributed by atoms with Crippen molar-refractivity contribution in [3.63, 3.8) is 0 Å². The van der Waals surface area contributed by atoms with E-state index in [0.717, 1.165) is 24.8 Å². The van der Waals surface area contributed by atoms with Crippen molar-refractivity contribution >= 4 is 24.0 Å². The Bertz CT molecular complexity index is 677. The molecule has 1 saturated heterocycles. The van der Waals surface area contributed by atoms with Gasteiger partial charge < -0.3 is 15.1 Å². The molecule has 0 unspecified atom stereocenters. The summed E-state index contributed by atoms with van der Waals surface area (Å²) in [5, 5.41) is 2.84. The third-order valence-corrected chi connectivity index (χ3v) is 5.20. The summed E-state index contributed by atoms with van der Waals surface area (Å²) in [5.41, 5.74) is 1.02. The molecule has 1 N–H and O–H groups in total. The number of likely N-dealkylation sites (tertiary alicyclic amines) is 1. The van der Waals surface area contributed by atoms with Gasteiger partial charge in [-0.1, -0.05) is 32.8 Å². The van der Waals surface area contributed by atoms with Crippen molar-refractivity contribution < 1.29 is 14.4 Å². The van der Waals surface area contributed by atoms with E-state index in [4.69, 9.17) is 0 Å². The molecule has 0 bridgehead atoms. The predicted octanol–water partition coefficient (Wildman–Crippen LogP) is 2.46. The summed E-state index contributed by atoms with van der Waals surface area (Å²) in [7, 11) is 1.68. The summed E-state index contributed by atoms with van der Waals surface area (Å²) in [6, 6.07) is 3.15. The maximum atomic E-state index is 13.2. The van der Waals surface area contributed by atoms with Crippen molar-refractivity contribution in [2.45, 2.75) is 52.5 Å². The van der Waals surface area contributed by atoms with Gasteiger partial charge in [-0.2, -0.15) is 0 Å². The van der Waals surface area contributed by atoms with Crippen LogP contribution >= 0.6 is 0 Å². The monoisotopic (exact) mass is 388 g/mol. The zero-order chi connectivity index (χ0) is 20.7. The van der Waals surface area contributed by atoms with Crippen molar-refractivity contribution in [3.05, 3.63) is 23.9 Å². The maximum Gasteiger partial charge on any atom is 0.248 e. The van der Waals surface area contributed by atoms with Gasteiger partial charge in [0.05, 0.1) is 5.92 Å². The van der Waals surface area contributed by atoms with Crippen LogP contribution in [0.2, 0.25) is 0 Å².